The molecule has 0 amide bonds. The van der Waals surface area contributed by atoms with Crippen molar-refractivity contribution in [3.63, 3.8) is 0 Å². The van der Waals surface area contributed by atoms with E-state index in [1.807, 2.05) is 11.4 Å². The first-order chi connectivity index (χ1) is 13.5. The lowest BCUT2D eigenvalue weighted by molar-refractivity contribution is 0.647. The SMILES string of the molecule is Cc1cccc(C)c1NC=C(C#N)c1nc(-c2ccc(CC(C)C)cc2)cs1. The molecule has 0 unspecified atom stereocenters. The first kappa shape index (κ1) is 19.9. The zero-order chi connectivity index (χ0) is 20.1. The predicted molar refractivity (Wildman–Crippen MR) is 119 cm³/mol. The van der Waals surface area contributed by atoms with Crippen molar-refractivity contribution in [2.45, 2.75) is 34.1 Å². The van der Waals surface area contributed by atoms with E-state index in [0.717, 1.165) is 39.5 Å². The lowest BCUT2D eigenvalue weighted by atomic mass is 10.0. The van der Waals surface area contributed by atoms with Crippen LogP contribution >= 0.6 is 11.3 Å². The summed E-state index contributed by atoms with van der Waals surface area (Å²) in [6.45, 7) is 8.56. The molecule has 3 aromatic rings. The van der Waals surface area contributed by atoms with E-state index < -0.39 is 0 Å². The number of aromatic nitrogens is 1. The summed E-state index contributed by atoms with van der Waals surface area (Å²) in [5.41, 5.74) is 7.19. The minimum atomic E-state index is 0.537. The lowest BCUT2D eigenvalue weighted by Gasteiger charge is -2.09. The van der Waals surface area contributed by atoms with Crippen LogP contribution in [0.1, 0.15) is 35.5 Å². The van der Waals surface area contributed by atoms with E-state index in [2.05, 4.69) is 80.5 Å². The van der Waals surface area contributed by atoms with Crippen molar-refractivity contribution in [1.82, 2.24) is 4.98 Å². The van der Waals surface area contributed by atoms with E-state index in [0.29, 0.717) is 11.5 Å². The van der Waals surface area contributed by atoms with E-state index in [9.17, 15) is 5.26 Å². The third kappa shape index (κ3) is 4.68. The maximum Gasteiger partial charge on any atom is 0.136 e. The van der Waals surface area contributed by atoms with E-state index in [-0.39, 0.29) is 0 Å². The van der Waals surface area contributed by atoms with Gasteiger partial charge in [0.15, 0.2) is 0 Å². The molecule has 0 radical (unpaired) electrons. The molecule has 1 aromatic heterocycles. The van der Waals surface area contributed by atoms with Gasteiger partial charge in [-0.15, -0.1) is 11.3 Å². The van der Waals surface area contributed by atoms with Crippen LogP contribution < -0.4 is 5.32 Å². The molecule has 0 aliphatic heterocycles. The Kier molecular flexibility index (Phi) is 6.28. The highest BCUT2D eigenvalue weighted by Crippen LogP contribution is 2.27. The van der Waals surface area contributed by atoms with Crippen molar-refractivity contribution in [1.29, 1.82) is 5.26 Å². The number of nitriles is 1. The monoisotopic (exact) mass is 387 g/mol. The van der Waals surface area contributed by atoms with Crippen LogP contribution in [0.2, 0.25) is 0 Å². The van der Waals surface area contributed by atoms with Crippen LogP contribution in [-0.2, 0) is 6.42 Å². The molecule has 142 valence electrons. The maximum atomic E-state index is 9.60. The predicted octanol–water partition coefficient (Wildman–Crippen LogP) is 6.60. The molecule has 1 N–H and O–H groups in total. The van der Waals surface area contributed by atoms with Crippen molar-refractivity contribution >= 4 is 22.6 Å². The topological polar surface area (TPSA) is 48.7 Å². The Bertz CT molecular complexity index is 1000. The Balaban J connectivity index is 1.80. The highest BCUT2D eigenvalue weighted by Gasteiger charge is 2.10. The molecule has 0 atom stereocenters. The summed E-state index contributed by atoms with van der Waals surface area (Å²) in [6, 6.07) is 17.0. The van der Waals surface area contributed by atoms with Gasteiger partial charge in [-0.3, -0.25) is 0 Å². The molecule has 3 rings (SSSR count). The number of hydrogen-bond acceptors (Lipinski definition) is 4. The van der Waals surface area contributed by atoms with E-state index in [4.69, 9.17) is 0 Å². The summed E-state index contributed by atoms with van der Waals surface area (Å²) in [7, 11) is 0. The Morgan fingerprint density at radius 2 is 1.82 bits per heavy atom. The Morgan fingerprint density at radius 1 is 1.14 bits per heavy atom. The fraction of sp³-hybridized carbons (Fsp3) is 0.250. The summed E-state index contributed by atoms with van der Waals surface area (Å²) in [6.07, 6.45) is 2.83. The number of benzene rings is 2. The van der Waals surface area contributed by atoms with Gasteiger partial charge < -0.3 is 5.32 Å². The summed E-state index contributed by atoms with van der Waals surface area (Å²) < 4.78 is 0. The van der Waals surface area contributed by atoms with Crippen LogP contribution in [0.5, 0.6) is 0 Å². The molecule has 2 aromatic carbocycles. The molecule has 0 fully saturated rings. The minimum Gasteiger partial charge on any atom is -0.360 e. The molecule has 3 nitrogen and oxygen atoms in total. The van der Waals surface area contributed by atoms with Gasteiger partial charge in [-0.2, -0.15) is 5.26 Å². The standard InChI is InChI=1S/C24H25N3S/c1-16(2)12-19-8-10-20(11-9-19)22-15-28-24(27-22)21(13-25)14-26-23-17(3)6-5-7-18(23)4/h5-11,14-16,26H,12H2,1-4H3. The Morgan fingerprint density at radius 3 is 2.43 bits per heavy atom. The third-order valence-electron chi connectivity index (χ3n) is 4.59. The number of para-hydroxylation sites is 1. The van der Waals surface area contributed by atoms with Crippen molar-refractivity contribution in [3.8, 4) is 17.3 Å². The molecular weight excluding hydrogens is 362 g/mol. The van der Waals surface area contributed by atoms with Gasteiger partial charge >= 0.3 is 0 Å². The molecule has 0 saturated heterocycles. The summed E-state index contributed by atoms with van der Waals surface area (Å²) in [5, 5.41) is 15.6. The second-order valence-corrected chi connectivity index (χ2v) is 8.27. The van der Waals surface area contributed by atoms with E-state index in [1.165, 1.54) is 16.9 Å². The van der Waals surface area contributed by atoms with Crippen LogP contribution in [-0.4, -0.2) is 4.98 Å². The number of hydrogen-bond donors (Lipinski definition) is 1. The number of thiazole rings is 1. The number of nitrogens with one attached hydrogen (secondary N) is 1. The highest BCUT2D eigenvalue weighted by molar-refractivity contribution is 7.11. The Labute approximate surface area is 171 Å². The first-order valence-electron chi connectivity index (χ1n) is 9.46. The van der Waals surface area contributed by atoms with Crippen molar-refractivity contribution in [2.75, 3.05) is 5.32 Å². The molecule has 1 heterocycles. The number of aryl methyl sites for hydroxylation is 2. The van der Waals surface area contributed by atoms with Gasteiger partial charge in [0.25, 0.3) is 0 Å². The van der Waals surface area contributed by atoms with Gasteiger partial charge in [0, 0.05) is 22.8 Å². The second kappa shape index (κ2) is 8.86. The third-order valence-corrected chi connectivity index (χ3v) is 5.47. The summed E-state index contributed by atoms with van der Waals surface area (Å²) in [4.78, 5) is 4.69. The number of allylic oxidation sites excluding steroid dienone is 1. The molecule has 4 heteroatoms. The van der Waals surface area contributed by atoms with Crippen molar-refractivity contribution in [2.24, 2.45) is 5.92 Å². The fourth-order valence-electron chi connectivity index (χ4n) is 3.14. The summed E-state index contributed by atoms with van der Waals surface area (Å²) in [5.74, 6) is 0.643. The smallest absolute Gasteiger partial charge is 0.136 e. The summed E-state index contributed by atoms with van der Waals surface area (Å²) >= 11 is 1.49. The van der Waals surface area contributed by atoms with Gasteiger partial charge in [-0.25, -0.2) is 4.98 Å². The molecule has 0 aliphatic rings. The first-order valence-corrected chi connectivity index (χ1v) is 10.3. The molecular formula is C24H25N3S. The van der Waals surface area contributed by atoms with Crippen molar-refractivity contribution in [3.05, 3.63) is 75.7 Å². The molecule has 0 spiro atoms. The lowest BCUT2D eigenvalue weighted by Crippen LogP contribution is -1.96. The normalized spacial score (nSPS) is 11.5. The molecule has 0 saturated carbocycles. The van der Waals surface area contributed by atoms with Crippen LogP contribution in [0, 0.1) is 31.1 Å². The quantitative estimate of drug-likeness (QED) is 0.485. The molecule has 0 aliphatic carbocycles. The van der Waals surface area contributed by atoms with Crippen LogP contribution in [0.4, 0.5) is 5.69 Å². The van der Waals surface area contributed by atoms with Gasteiger partial charge in [-0.1, -0.05) is 56.3 Å². The van der Waals surface area contributed by atoms with Gasteiger partial charge in [0.2, 0.25) is 0 Å². The Hall–Kier alpha value is -2.90. The van der Waals surface area contributed by atoms with Crippen LogP contribution in [0.3, 0.4) is 0 Å². The average Bonchev–Trinajstić information content (AvgIpc) is 3.14. The number of anilines is 1. The zero-order valence-electron chi connectivity index (χ0n) is 16.8. The molecule has 28 heavy (non-hydrogen) atoms. The highest BCUT2D eigenvalue weighted by atomic mass is 32.1. The maximum absolute atomic E-state index is 9.60. The van der Waals surface area contributed by atoms with E-state index >= 15 is 0 Å². The van der Waals surface area contributed by atoms with E-state index in [1.54, 1.807) is 6.20 Å². The average molecular weight is 388 g/mol. The van der Waals surface area contributed by atoms with Gasteiger partial charge in [-0.05, 0) is 42.9 Å². The number of nitrogens with zero attached hydrogens (tertiary/aromatic N) is 2. The van der Waals surface area contributed by atoms with Crippen LogP contribution in [0.15, 0.2) is 54.0 Å². The van der Waals surface area contributed by atoms with Crippen LogP contribution in [0.25, 0.3) is 16.8 Å². The van der Waals surface area contributed by atoms with Gasteiger partial charge in [0.05, 0.1) is 5.69 Å². The zero-order valence-corrected chi connectivity index (χ0v) is 17.6. The van der Waals surface area contributed by atoms with Crippen molar-refractivity contribution < 1.29 is 0 Å². The largest absolute Gasteiger partial charge is 0.360 e. The molecule has 0 bridgehead atoms. The van der Waals surface area contributed by atoms with Gasteiger partial charge in [0.1, 0.15) is 16.6 Å². The second-order valence-electron chi connectivity index (χ2n) is 7.41. The minimum absolute atomic E-state index is 0.537. The number of rotatable bonds is 6. The fourth-order valence-corrected chi connectivity index (χ4v) is 3.94.